The highest BCUT2D eigenvalue weighted by molar-refractivity contribution is 5.87. The Labute approximate surface area is 246 Å². The van der Waals surface area contributed by atoms with Gasteiger partial charge < -0.3 is 9.64 Å². The Balaban J connectivity index is 0.00000146. The average Bonchev–Trinajstić information content (AvgIpc) is 3.13. The third-order valence-electron chi connectivity index (χ3n) is 6.46. The maximum Gasteiger partial charge on any atom is 0.309 e. The van der Waals surface area contributed by atoms with Gasteiger partial charge >= 0.3 is 5.97 Å². The van der Waals surface area contributed by atoms with E-state index in [0.29, 0.717) is 6.61 Å². The normalized spacial score (nSPS) is 17.3. The minimum absolute atomic E-state index is 0.0697. The van der Waals surface area contributed by atoms with Crippen molar-refractivity contribution >= 4 is 11.9 Å². The van der Waals surface area contributed by atoms with E-state index >= 15 is 0 Å². The predicted octanol–water partition coefficient (Wildman–Crippen LogP) is 8.86. The Morgan fingerprint density at radius 1 is 1.05 bits per heavy atom. The van der Waals surface area contributed by atoms with Crippen LogP contribution in [-0.4, -0.2) is 35.1 Å². The molecule has 1 aromatic rings. The maximum atomic E-state index is 13.5. The smallest absolute Gasteiger partial charge is 0.309 e. The van der Waals surface area contributed by atoms with Gasteiger partial charge in [-0.25, -0.2) is 0 Å². The van der Waals surface area contributed by atoms with Crippen LogP contribution < -0.4 is 5.32 Å². The van der Waals surface area contributed by atoms with Gasteiger partial charge in [0.05, 0.1) is 24.7 Å². The van der Waals surface area contributed by atoms with Crippen LogP contribution in [0.1, 0.15) is 131 Å². The highest BCUT2D eigenvalue weighted by Gasteiger charge is 2.47. The van der Waals surface area contributed by atoms with Crippen molar-refractivity contribution in [2.45, 2.75) is 139 Å². The van der Waals surface area contributed by atoms with E-state index in [1.54, 1.807) is 0 Å². The van der Waals surface area contributed by atoms with Crippen molar-refractivity contribution in [1.82, 2.24) is 10.2 Å². The fourth-order valence-electron chi connectivity index (χ4n) is 4.61. The van der Waals surface area contributed by atoms with Crippen LogP contribution >= 0.6 is 0 Å². The van der Waals surface area contributed by atoms with Crippen LogP contribution in [0.25, 0.3) is 0 Å². The zero-order chi connectivity index (χ0) is 30.9. The number of esters is 1. The van der Waals surface area contributed by atoms with E-state index in [0.717, 1.165) is 29.9 Å². The molecule has 0 radical (unpaired) electrons. The second-order valence-electron chi connectivity index (χ2n) is 11.8. The van der Waals surface area contributed by atoms with E-state index in [1.807, 2.05) is 57.7 Å². The summed E-state index contributed by atoms with van der Waals surface area (Å²) >= 11 is 0. The van der Waals surface area contributed by atoms with E-state index in [9.17, 15) is 9.59 Å². The molecule has 0 bridgehead atoms. The highest BCUT2D eigenvalue weighted by atomic mass is 16.5. The van der Waals surface area contributed by atoms with Crippen molar-refractivity contribution in [3.63, 3.8) is 0 Å². The second-order valence-corrected chi connectivity index (χ2v) is 11.8. The number of hydrogen-bond acceptors (Lipinski definition) is 4. The average molecular weight is 557 g/mol. The third kappa shape index (κ3) is 13.3. The lowest BCUT2D eigenvalue weighted by Gasteiger charge is -2.37. The minimum atomic E-state index is -0.501. The summed E-state index contributed by atoms with van der Waals surface area (Å²) in [6.07, 6.45) is 11.8. The van der Waals surface area contributed by atoms with Crippen molar-refractivity contribution in [2.24, 2.45) is 5.92 Å². The topological polar surface area (TPSA) is 58.6 Å². The molecule has 228 valence electrons. The molecule has 1 heterocycles. The molecule has 2 unspecified atom stereocenters. The molecule has 5 heteroatoms. The number of rotatable bonds is 11. The van der Waals surface area contributed by atoms with Gasteiger partial charge in [0.15, 0.2) is 0 Å². The van der Waals surface area contributed by atoms with Crippen LogP contribution in [0.5, 0.6) is 0 Å². The van der Waals surface area contributed by atoms with Crippen LogP contribution in [0.15, 0.2) is 42.0 Å². The Morgan fingerprint density at radius 3 is 2.12 bits per heavy atom. The lowest BCUT2D eigenvalue weighted by atomic mass is 9.99. The molecule has 0 saturated carbocycles. The fraction of sp³-hybridized carbons (Fsp3) is 0.657. The van der Waals surface area contributed by atoms with Crippen LogP contribution in [0.3, 0.4) is 0 Å². The molecule has 1 aliphatic heterocycles. The van der Waals surface area contributed by atoms with E-state index in [4.69, 9.17) is 4.74 Å². The Hall–Kier alpha value is -2.40. The van der Waals surface area contributed by atoms with Crippen molar-refractivity contribution in [3.05, 3.63) is 58.7 Å². The summed E-state index contributed by atoms with van der Waals surface area (Å²) in [6.45, 7) is 25.6. The Kier molecular flexibility index (Phi) is 18.5. The monoisotopic (exact) mass is 556 g/mol. The van der Waals surface area contributed by atoms with E-state index in [-0.39, 0.29) is 30.4 Å². The molecular weight excluding hydrogens is 496 g/mol. The first-order valence-corrected chi connectivity index (χ1v) is 15.5. The van der Waals surface area contributed by atoms with Crippen LogP contribution in [0.2, 0.25) is 0 Å². The largest absolute Gasteiger partial charge is 0.465 e. The van der Waals surface area contributed by atoms with Gasteiger partial charge in [-0.3, -0.25) is 14.9 Å². The molecule has 2 rings (SSSR count). The van der Waals surface area contributed by atoms with E-state index in [2.05, 4.69) is 72.0 Å². The number of nitrogens with zero attached hydrogens (tertiary/aromatic N) is 1. The molecule has 1 saturated heterocycles. The van der Waals surface area contributed by atoms with Crippen molar-refractivity contribution in [2.75, 3.05) is 6.61 Å². The minimum Gasteiger partial charge on any atom is -0.465 e. The van der Waals surface area contributed by atoms with Crippen LogP contribution in [0, 0.1) is 12.8 Å². The van der Waals surface area contributed by atoms with E-state index < -0.39 is 5.66 Å². The number of nitrogens with one attached hydrogen (secondary N) is 1. The van der Waals surface area contributed by atoms with Gasteiger partial charge in [0.2, 0.25) is 5.91 Å². The van der Waals surface area contributed by atoms with Crippen LogP contribution in [0.4, 0.5) is 0 Å². The first-order valence-electron chi connectivity index (χ1n) is 15.5. The van der Waals surface area contributed by atoms with Gasteiger partial charge in [0.1, 0.15) is 6.04 Å². The zero-order valence-corrected chi connectivity index (χ0v) is 27.8. The quantitative estimate of drug-likeness (QED) is 0.218. The van der Waals surface area contributed by atoms with Gasteiger partial charge in [-0.2, -0.15) is 0 Å². The number of aryl methyl sites for hydroxylation is 2. The standard InChI is InChI=1S/C26H38N2O3.C5H12.C4H10/c1-8-14-31-23(29)13-11-12-21(10-3)19(5)28-25(30)24(27-26(28,6)7)22-16-18(4)15-20(9-2)17-22;1-3-5-4-2;1-4(2)3/h10-12,15-17,19,24,27H,8-9,13-14H2,1-7H3;3-5H2,1-2H3;4H,1-3H3/b12-11-,21-10+;;. The van der Waals surface area contributed by atoms with Crippen molar-refractivity contribution in [1.29, 1.82) is 0 Å². The number of ether oxygens (including phenoxy) is 1. The first-order chi connectivity index (χ1) is 18.8. The third-order valence-corrected chi connectivity index (χ3v) is 6.46. The van der Waals surface area contributed by atoms with Gasteiger partial charge in [0.25, 0.3) is 0 Å². The zero-order valence-electron chi connectivity index (χ0n) is 27.8. The summed E-state index contributed by atoms with van der Waals surface area (Å²) in [5, 5.41) is 3.53. The van der Waals surface area contributed by atoms with Crippen molar-refractivity contribution < 1.29 is 14.3 Å². The summed E-state index contributed by atoms with van der Waals surface area (Å²) in [5.41, 5.74) is 3.91. The Morgan fingerprint density at radius 2 is 1.65 bits per heavy atom. The molecule has 2 atom stereocenters. The number of carbonyl (C=O) groups is 2. The molecule has 0 aromatic heterocycles. The van der Waals surface area contributed by atoms with Crippen molar-refractivity contribution in [3.8, 4) is 0 Å². The summed E-state index contributed by atoms with van der Waals surface area (Å²) in [5.74, 6) is 0.673. The number of benzene rings is 1. The number of hydrogen-bond donors (Lipinski definition) is 1. The molecule has 1 aromatic carbocycles. The number of allylic oxidation sites excluding steroid dienone is 1. The highest BCUT2D eigenvalue weighted by Crippen LogP contribution is 2.34. The summed E-state index contributed by atoms with van der Waals surface area (Å²) in [6, 6.07) is 5.89. The van der Waals surface area contributed by atoms with Crippen LogP contribution in [-0.2, 0) is 20.7 Å². The predicted molar refractivity (Wildman–Crippen MR) is 171 cm³/mol. The molecule has 1 aliphatic rings. The molecule has 1 amide bonds. The fourth-order valence-corrected chi connectivity index (χ4v) is 4.61. The first kappa shape index (κ1) is 37.6. The SMILES string of the molecule is C/C=C(\C=C/CC(=O)OCCC)C(C)N1C(=O)C(c2cc(C)cc(CC)c2)NC1(C)C.CC(C)C.CCCCC. The lowest BCUT2D eigenvalue weighted by molar-refractivity contribution is -0.142. The lowest BCUT2D eigenvalue weighted by Crippen LogP contribution is -2.51. The molecule has 1 N–H and O–H groups in total. The summed E-state index contributed by atoms with van der Waals surface area (Å²) < 4.78 is 5.12. The number of unbranched alkanes of at least 4 members (excludes halogenated alkanes) is 2. The number of carbonyl (C=O) groups excluding carboxylic acids is 2. The van der Waals surface area contributed by atoms with Gasteiger partial charge in [-0.15, -0.1) is 0 Å². The maximum absolute atomic E-state index is 13.5. The molecule has 0 spiro atoms. The second kappa shape index (κ2) is 19.6. The summed E-state index contributed by atoms with van der Waals surface area (Å²) in [4.78, 5) is 27.2. The molecular formula is C35H60N2O3. The molecule has 0 aliphatic carbocycles. The van der Waals surface area contributed by atoms with Gasteiger partial charge in [-0.1, -0.05) is 110 Å². The molecule has 5 nitrogen and oxygen atoms in total. The Bertz CT molecular complexity index is 941. The summed E-state index contributed by atoms with van der Waals surface area (Å²) in [7, 11) is 0. The molecule has 40 heavy (non-hydrogen) atoms. The number of amides is 1. The van der Waals surface area contributed by atoms with E-state index in [1.165, 1.54) is 30.4 Å². The van der Waals surface area contributed by atoms with Gasteiger partial charge in [-0.05, 0) is 70.1 Å². The molecule has 1 fully saturated rings. The van der Waals surface area contributed by atoms with Gasteiger partial charge in [0, 0.05) is 0 Å².